The van der Waals surface area contributed by atoms with E-state index < -0.39 is 0 Å². The number of aryl methyl sites for hydroxylation is 1. The Morgan fingerprint density at radius 3 is 3.05 bits per heavy atom. The molecule has 1 aromatic rings. The van der Waals surface area contributed by atoms with E-state index in [2.05, 4.69) is 4.98 Å². The molecule has 0 saturated carbocycles. The highest BCUT2D eigenvalue weighted by Crippen LogP contribution is 2.31. The van der Waals surface area contributed by atoms with E-state index in [1.165, 1.54) is 0 Å². The van der Waals surface area contributed by atoms with Crippen molar-refractivity contribution in [2.75, 3.05) is 26.2 Å². The zero-order valence-electron chi connectivity index (χ0n) is 12.8. The molecule has 2 aliphatic heterocycles. The fourth-order valence-corrected chi connectivity index (χ4v) is 3.23. The number of aromatic nitrogens is 1. The van der Waals surface area contributed by atoms with Crippen LogP contribution >= 0.6 is 0 Å². The lowest BCUT2D eigenvalue weighted by molar-refractivity contribution is -0.135. The molecule has 2 fully saturated rings. The molecular weight excluding hydrogens is 282 g/mol. The number of piperazine rings is 1. The molecule has 2 amide bonds. The minimum atomic E-state index is -0.334. The van der Waals surface area contributed by atoms with Crippen molar-refractivity contribution in [3.8, 4) is 0 Å². The standard InChI is InChI=1S/C16H21N3O3/c1-2-16-11-18(8-9-19(16)15(21)22-12-16)14(20)6-5-13-4-3-7-17-10-13/h3-4,7,10H,2,5-6,8-9,11-12H2,1H3. The summed E-state index contributed by atoms with van der Waals surface area (Å²) in [6, 6.07) is 3.86. The normalized spacial score (nSPS) is 24.1. The Morgan fingerprint density at radius 1 is 1.45 bits per heavy atom. The highest BCUT2D eigenvalue weighted by atomic mass is 16.6. The van der Waals surface area contributed by atoms with Gasteiger partial charge in [0.25, 0.3) is 0 Å². The van der Waals surface area contributed by atoms with Crippen molar-refractivity contribution in [3.05, 3.63) is 30.1 Å². The monoisotopic (exact) mass is 303 g/mol. The van der Waals surface area contributed by atoms with Crippen LogP contribution in [0.4, 0.5) is 4.79 Å². The zero-order chi connectivity index (χ0) is 15.6. The maximum absolute atomic E-state index is 12.5. The summed E-state index contributed by atoms with van der Waals surface area (Å²) in [5.74, 6) is 0.135. The van der Waals surface area contributed by atoms with Gasteiger partial charge in [0.15, 0.2) is 0 Å². The minimum Gasteiger partial charge on any atom is -0.447 e. The summed E-state index contributed by atoms with van der Waals surface area (Å²) >= 11 is 0. The van der Waals surface area contributed by atoms with Gasteiger partial charge in [-0.1, -0.05) is 13.0 Å². The minimum absolute atomic E-state index is 0.135. The highest BCUT2D eigenvalue weighted by Gasteiger charge is 2.50. The number of hydrogen-bond donors (Lipinski definition) is 0. The van der Waals surface area contributed by atoms with Gasteiger partial charge in [0.1, 0.15) is 6.61 Å². The summed E-state index contributed by atoms with van der Waals surface area (Å²) in [5.41, 5.74) is 0.735. The number of rotatable bonds is 4. The van der Waals surface area contributed by atoms with Crippen molar-refractivity contribution in [2.45, 2.75) is 31.7 Å². The van der Waals surface area contributed by atoms with Crippen molar-refractivity contribution in [3.63, 3.8) is 0 Å². The molecule has 22 heavy (non-hydrogen) atoms. The van der Waals surface area contributed by atoms with Crippen LogP contribution in [0.2, 0.25) is 0 Å². The van der Waals surface area contributed by atoms with Crippen LogP contribution in [0.5, 0.6) is 0 Å². The molecule has 3 rings (SSSR count). The number of hydrogen-bond acceptors (Lipinski definition) is 4. The molecule has 0 aliphatic carbocycles. The number of ether oxygens (including phenoxy) is 1. The van der Waals surface area contributed by atoms with Crippen LogP contribution in [0.1, 0.15) is 25.3 Å². The first kappa shape index (κ1) is 14.8. The molecule has 2 aliphatic rings. The third-order valence-electron chi connectivity index (χ3n) is 4.70. The van der Waals surface area contributed by atoms with Crippen LogP contribution in [0.15, 0.2) is 24.5 Å². The van der Waals surface area contributed by atoms with E-state index >= 15 is 0 Å². The first-order chi connectivity index (χ1) is 10.6. The van der Waals surface area contributed by atoms with Gasteiger partial charge < -0.3 is 9.64 Å². The average Bonchev–Trinajstić information content (AvgIpc) is 2.91. The van der Waals surface area contributed by atoms with Crippen molar-refractivity contribution in [1.82, 2.24) is 14.8 Å². The molecule has 0 N–H and O–H groups in total. The van der Waals surface area contributed by atoms with Gasteiger partial charge in [0.2, 0.25) is 5.91 Å². The lowest BCUT2D eigenvalue weighted by atomic mass is 9.92. The number of nitrogens with zero attached hydrogens (tertiary/aromatic N) is 3. The predicted octanol–water partition coefficient (Wildman–Crippen LogP) is 1.46. The van der Waals surface area contributed by atoms with E-state index in [1.54, 1.807) is 17.3 Å². The number of cyclic esters (lactones) is 1. The summed E-state index contributed by atoms with van der Waals surface area (Å²) in [7, 11) is 0. The van der Waals surface area contributed by atoms with Crippen LogP contribution in [0.25, 0.3) is 0 Å². The van der Waals surface area contributed by atoms with Gasteiger partial charge in [0.05, 0.1) is 5.54 Å². The number of amides is 2. The van der Waals surface area contributed by atoms with Crippen LogP contribution in [-0.4, -0.2) is 58.6 Å². The molecule has 6 nitrogen and oxygen atoms in total. The first-order valence-corrected chi connectivity index (χ1v) is 7.76. The Bertz CT molecular complexity index is 563. The second-order valence-corrected chi connectivity index (χ2v) is 5.96. The fourth-order valence-electron chi connectivity index (χ4n) is 3.23. The summed E-state index contributed by atoms with van der Waals surface area (Å²) in [6.07, 6.45) is 5.24. The molecule has 0 bridgehead atoms. The Hall–Kier alpha value is -2.11. The molecule has 0 radical (unpaired) electrons. The average molecular weight is 303 g/mol. The number of carbonyl (C=O) groups is 2. The fraction of sp³-hybridized carbons (Fsp3) is 0.562. The second kappa shape index (κ2) is 5.94. The molecule has 0 spiro atoms. The molecule has 1 unspecified atom stereocenters. The molecule has 6 heteroatoms. The summed E-state index contributed by atoms with van der Waals surface area (Å²) in [4.78, 5) is 31.9. The van der Waals surface area contributed by atoms with Gasteiger partial charge in [-0.3, -0.25) is 14.7 Å². The largest absolute Gasteiger partial charge is 0.447 e. The number of fused-ring (bicyclic) bond motifs is 1. The number of carbonyl (C=O) groups excluding carboxylic acids is 2. The highest BCUT2D eigenvalue weighted by molar-refractivity contribution is 5.78. The second-order valence-electron chi connectivity index (χ2n) is 5.96. The molecule has 118 valence electrons. The first-order valence-electron chi connectivity index (χ1n) is 7.76. The maximum Gasteiger partial charge on any atom is 0.410 e. The van der Waals surface area contributed by atoms with Crippen LogP contribution in [0, 0.1) is 0 Å². The van der Waals surface area contributed by atoms with Crippen molar-refractivity contribution >= 4 is 12.0 Å². The summed E-state index contributed by atoms with van der Waals surface area (Å²) < 4.78 is 5.19. The van der Waals surface area contributed by atoms with E-state index in [0.717, 1.165) is 12.0 Å². The Balaban J connectivity index is 1.61. The van der Waals surface area contributed by atoms with Crippen molar-refractivity contribution < 1.29 is 14.3 Å². The van der Waals surface area contributed by atoms with Crippen LogP contribution in [-0.2, 0) is 16.0 Å². The SMILES string of the molecule is CCC12COC(=O)N1CCN(C(=O)CCc1cccnc1)C2. The van der Waals surface area contributed by atoms with Gasteiger partial charge in [-0.15, -0.1) is 0 Å². The van der Waals surface area contributed by atoms with Crippen molar-refractivity contribution in [2.24, 2.45) is 0 Å². The van der Waals surface area contributed by atoms with Crippen molar-refractivity contribution in [1.29, 1.82) is 0 Å². The lowest BCUT2D eigenvalue weighted by Crippen LogP contribution is -2.62. The summed E-state index contributed by atoms with van der Waals surface area (Å²) in [6.45, 7) is 4.14. The number of pyridine rings is 1. The van der Waals surface area contributed by atoms with E-state index in [4.69, 9.17) is 4.74 Å². The summed E-state index contributed by atoms with van der Waals surface area (Å²) in [5, 5.41) is 0. The zero-order valence-corrected chi connectivity index (χ0v) is 12.8. The predicted molar refractivity (Wildman–Crippen MR) is 80.2 cm³/mol. The van der Waals surface area contributed by atoms with E-state index in [0.29, 0.717) is 39.1 Å². The van der Waals surface area contributed by atoms with Gasteiger partial charge >= 0.3 is 6.09 Å². The molecule has 0 aromatic carbocycles. The van der Waals surface area contributed by atoms with Gasteiger partial charge in [0, 0.05) is 38.4 Å². The Morgan fingerprint density at radius 2 is 2.32 bits per heavy atom. The van der Waals surface area contributed by atoms with E-state index in [9.17, 15) is 9.59 Å². The Kier molecular flexibility index (Phi) is 4.00. The quantitative estimate of drug-likeness (QED) is 0.845. The molecule has 2 saturated heterocycles. The van der Waals surface area contributed by atoms with Crippen LogP contribution < -0.4 is 0 Å². The topological polar surface area (TPSA) is 62.7 Å². The smallest absolute Gasteiger partial charge is 0.410 e. The molecule has 3 heterocycles. The van der Waals surface area contributed by atoms with E-state index in [1.807, 2.05) is 24.0 Å². The van der Waals surface area contributed by atoms with Gasteiger partial charge in [-0.25, -0.2) is 4.79 Å². The van der Waals surface area contributed by atoms with Crippen LogP contribution in [0.3, 0.4) is 0 Å². The molecule has 1 aromatic heterocycles. The van der Waals surface area contributed by atoms with Gasteiger partial charge in [-0.2, -0.15) is 0 Å². The van der Waals surface area contributed by atoms with Gasteiger partial charge in [-0.05, 0) is 24.5 Å². The lowest BCUT2D eigenvalue weighted by Gasteiger charge is -2.44. The molecular formula is C16H21N3O3. The third kappa shape index (κ3) is 2.65. The molecule has 1 atom stereocenters. The Labute approximate surface area is 130 Å². The van der Waals surface area contributed by atoms with E-state index in [-0.39, 0.29) is 17.5 Å². The third-order valence-corrected chi connectivity index (χ3v) is 4.70. The maximum atomic E-state index is 12.5.